The molecular formula is C9H15NO5. The van der Waals surface area contributed by atoms with Gasteiger partial charge in [-0.1, -0.05) is 0 Å². The summed E-state index contributed by atoms with van der Waals surface area (Å²) in [5, 5.41) is 8.72. The summed E-state index contributed by atoms with van der Waals surface area (Å²) >= 11 is 0. The van der Waals surface area contributed by atoms with Gasteiger partial charge in [0.1, 0.15) is 6.61 Å². The lowest BCUT2D eigenvalue weighted by Crippen LogP contribution is -2.49. The molecule has 0 saturated carbocycles. The number of ether oxygens (including phenoxy) is 2. The zero-order chi connectivity index (χ0) is 11.3. The third-order valence-electron chi connectivity index (χ3n) is 2.12. The minimum Gasteiger partial charge on any atom is -0.479 e. The fourth-order valence-electron chi connectivity index (χ4n) is 1.31. The number of aliphatic carboxylic acids is 1. The van der Waals surface area contributed by atoms with Crippen LogP contribution in [0.4, 0.5) is 0 Å². The normalized spacial score (nSPS) is 21.4. The molecule has 1 atom stereocenters. The second-order valence-electron chi connectivity index (χ2n) is 3.17. The molecule has 1 aliphatic heterocycles. The number of carboxylic acid groups (broad SMARTS) is 1. The second-order valence-corrected chi connectivity index (χ2v) is 3.17. The SMILES string of the molecule is CCOCC(=O)N1CCOC(C(=O)O)C1. The van der Waals surface area contributed by atoms with Gasteiger partial charge >= 0.3 is 5.97 Å². The van der Waals surface area contributed by atoms with E-state index in [9.17, 15) is 9.59 Å². The van der Waals surface area contributed by atoms with Crippen LogP contribution in [0.2, 0.25) is 0 Å². The molecule has 0 spiro atoms. The summed E-state index contributed by atoms with van der Waals surface area (Å²) in [6.45, 7) is 3.06. The van der Waals surface area contributed by atoms with Gasteiger partial charge in [-0.15, -0.1) is 0 Å². The largest absolute Gasteiger partial charge is 0.479 e. The van der Waals surface area contributed by atoms with Crippen LogP contribution in [0.5, 0.6) is 0 Å². The minimum atomic E-state index is -1.04. The number of carbonyl (C=O) groups is 2. The fraction of sp³-hybridized carbons (Fsp3) is 0.778. The summed E-state index contributed by atoms with van der Waals surface area (Å²) in [5.41, 5.74) is 0. The van der Waals surface area contributed by atoms with E-state index in [0.29, 0.717) is 13.2 Å². The lowest BCUT2D eigenvalue weighted by atomic mass is 10.2. The molecule has 1 rings (SSSR count). The summed E-state index contributed by atoms with van der Waals surface area (Å²) in [6, 6.07) is 0. The van der Waals surface area contributed by atoms with E-state index in [0.717, 1.165) is 0 Å². The Labute approximate surface area is 87.8 Å². The molecular weight excluding hydrogens is 202 g/mol. The van der Waals surface area contributed by atoms with E-state index in [2.05, 4.69) is 0 Å². The third kappa shape index (κ3) is 3.49. The number of carbonyl (C=O) groups excluding carboxylic acids is 1. The van der Waals surface area contributed by atoms with Crippen molar-refractivity contribution >= 4 is 11.9 Å². The van der Waals surface area contributed by atoms with Crippen LogP contribution < -0.4 is 0 Å². The number of hydrogen-bond donors (Lipinski definition) is 1. The Bertz CT molecular complexity index is 243. The van der Waals surface area contributed by atoms with Crippen LogP contribution in [0.3, 0.4) is 0 Å². The molecule has 1 saturated heterocycles. The first-order valence-electron chi connectivity index (χ1n) is 4.85. The topological polar surface area (TPSA) is 76.1 Å². The Morgan fingerprint density at radius 1 is 1.60 bits per heavy atom. The Balaban J connectivity index is 2.41. The van der Waals surface area contributed by atoms with E-state index in [1.54, 1.807) is 6.92 Å². The van der Waals surface area contributed by atoms with Crippen molar-refractivity contribution in [2.75, 3.05) is 32.9 Å². The Morgan fingerprint density at radius 3 is 2.93 bits per heavy atom. The van der Waals surface area contributed by atoms with Crippen molar-refractivity contribution in [1.82, 2.24) is 4.90 Å². The smallest absolute Gasteiger partial charge is 0.334 e. The zero-order valence-electron chi connectivity index (χ0n) is 8.64. The average molecular weight is 217 g/mol. The molecule has 0 radical (unpaired) electrons. The maximum atomic E-state index is 11.5. The molecule has 0 aromatic heterocycles. The molecule has 15 heavy (non-hydrogen) atoms. The highest BCUT2D eigenvalue weighted by Gasteiger charge is 2.28. The summed E-state index contributed by atoms with van der Waals surface area (Å²) in [4.78, 5) is 23.6. The number of amides is 1. The van der Waals surface area contributed by atoms with Crippen LogP contribution in [0.15, 0.2) is 0 Å². The Morgan fingerprint density at radius 2 is 2.33 bits per heavy atom. The van der Waals surface area contributed by atoms with Gasteiger partial charge in [0, 0.05) is 13.2 Å². The van der Waals surface area contributed by atoms with Crippen LogP contribution in [-0.4, -0.2) is 60.9 Å². The lowest BCUT2D eigenvalue weighted by Gasteiger charge is -2.30. The summed E-state index contributed by atoms with van der Waals surface area (Å²) in [7, 11) is 0. The first-order chi connectivity index (χ1) is 7.15. The Hall–Kier alpha value is -1.14. The monoisotopic (exact) mass is 217 g/mol. The second kappa shape index (κ2) is 5.67. The minimum absolute atomic E-state index is 0.00282. The molecule has 1 unspecified atom stereocenters. The predicted molar refractivity (Wildman–Crippen MR) is 50.4 cm³/mol. The van der Waals surface area contributed by atoms with E-state index < -0.39 is 12.1 Å². The average Bonchev–Trinajstić information content (AvgIpc) is 2.26. The molecule has 6 heteroatoms. The highest BCUT2D eigenvalue weighted by atomic mass is 16.5. The number of rotatable bonds is 4. The predicted octanol–water partition coefficient (Wildman–Crippen LogP) is -0.665. The maximum Gasteiger partial charge on any atom is 0.334 e. The first-order valence-corrected chi connectivity index (χ1v) is 4.85. The van der Waals surface area contributed by atoms with Gasteiger partial charge in [-0.3, -0.25) is 4.79 Å². The van der Waals surface area contributed by atoms with E-state index >= 15 is 0 Å². The molecule has 86 valence electrons. The maximum absolute atomic E-state index is 11.5. The van der Waals surface area contributed by atoms with Crippen LogP contribution in [0.25, 0.3) is 0 Å². The molecule has 0 aromatic rings. The molecule has 1 aliphatic rings. The van der Waals surface area contributed by atoms with Gasteiger partial charge in [-0.25, -0.2) is 4.79 Å². The number of nitrogens with zero attached hydrogens (tertiary/aromatic N) is 1. The zero-order valence-corrected chi connectivity index (χ0v) is 8.64. The van der Waals surface area contributed by atoms with Gasteiger partial charge in [-0.05, 0) is 6.92 Å². The summed E-state index contributed by atoms with van der Waals surface area (Å²) in [5.74, 6) is -1.23. The standard InChI is InChI=1S/C9H15NO5/c1-2-14-6-8(11)10-3-4-15-7(5-10)9(12)13/h7H,2-6H2,1H3,(H,12,13). The summed E-state index contributed by atoms with van der Waals surface area (Å²) < 4.78 is 9.95. The summed E-state index contributed by atoms with van der Waals surface area (Å²) in [6.07, 6.45) is -0.913. The first kappa shape index (κ1) is 11.9. The molecule has 1 amide bonds. The van der Waals surface area contributed by atoms with Crippen LogP contribution in [0.1, 0.15) is 6.92 Å². The molecule has 1 heterocycles. The van der Waals surface area contributed by atoms with Gasteiger partial charge in [0.05, 0.1) is 13.2 Å². The van der Waals surface area contributed by atoms with E-state index in [-0.39, 0.29) is 25.7 Å². The van der Waals surface area contributed by atoms with Crippen molar-refractivity contribution in [3.05, 3.63) is 0 Å². The van der Waals surface area contributed by atoms with Crippen molar-refractivity contribution in [3.63, 3.8) is 0 Å². The molecule has 1 fully saturated rings. The lowest BCUT2D eigenvalue weighted by molar-refractivity contribution is -0.160. The molecule has 0 bridgehead atoms. The Kier molecular flexibility index (Phi) is 4.51. The highest BCUT2D eigenvalue weighted by molar-refractivity contribution is 5.79. The highest BCUT2D eigenvalue weighted by Crippen LogP contribution is 2.05. The van der Waals surface area contributed by atoms with Crippen molar-refractivity contribution in [2.45, 2.75) is 13.0 Å². The quantitative estimate of drug-likeness (QED) is 0.676. The molecule has 0 aliphatic carbocycles. The number of hydrogen-bond acceptors (Lipinski definition) is 4. The van der Waals surface area contributed by atoms with E-state index in [4.69, 9.17) is 14.6 Å². The van der Waals surface area contributed by atoms with Crippen LogP contribution in [-0.2, 0) is 19.1 Å². The van der Waals surface area contributed by atoms with Gasteiger partial charge < -0.3 is 19.5 Å². The van der Waals surface area contributed by atoms with Crippen LogP contribution in [0, 0.1) is 0 Å². The molecule has 1 N–H and O–H groups in total. The van der Waals surface area contributed by atoms with Gasteiger partial charge in [0.25, 0.3) is 0 Å². The molecule has 6 nitrogen and oxygen atoms in total. The number of carboxylic acids is 1. The van der Waals surface area contributed by atoms with Gasteiger partial charge in [0.2, 0.25) is 5.91 Å². The van der Waals surface area contributed by atoms with Gasteiger partial charge in [0.15, 0.2) is 6.10 Å². The van der Waals surface area contributed by atoms with Crippen molar-refractivity contribution in [1.29, 1.82) is 0 Å². The van der Waals surface area contributed by atoms with Crippen molar-refractivity contribution in [2.24, 2.45) is 0 Å². The van der Waals surface area contributed by atoms with Gasteiger partial charge in [-0.2, -0.15) is 0 Å². The number of morpholine rings is 1. The van der Waals surface area contributed by atoms with E-state index in [1.807, 2.05) is 0 Å². The third-order valence-corrected chi connectivity index (χ3v) is 2.12. The molecule has 0 aromatic carbocycles. The fourth-order valence-corrected chi connectivity index (χ4v) is 1.31. The van der Waals surface area contributed by atoms with E-state index in [1.165, 1.54) is 4.90 Å². The van der Waals surface area contributed by atoms with Crippen molar-refractivity contribution < 1.29 is 24.2 Å². The van der Waals surface area contributed by atoms with Crippen LogP contribution >= 0.6 is 0 Å². The van der Waals surface area contributed by atoms with Crippen molar-refractivity contribution in [3.8, 4) is 0 Å².